The lowest BCUT2D eigenvalue weighted by Crippen LogP contribution is -2.12. The van der Waals surface area contributed by atoms with Crippen molar-refractivity contribution in [1.82, 2.24) is 19.7 Å². The molecule has 0 saturated carbocycles. The molecule has 5 nitrogen and oxygen atoms in total. The van der Waals surface area contributed by atoms with Gasteiger partial charge in [0.05, 0.1) is 0 Å². The summed E-state index contributed by atoms with van der Waals surface area (Å²) in [6.45, 7) is 5.69. The summed E-state index contributed by atoms with van der Waals surface area (Å²) < 4.78 is 1.73. The number of nitrogens with zero attached hydrogens (tertiary/aromatic N) is 4. The largest absolute Gasteiger partial charge is 0.324 e. The number of aromatic nitrogens is 4. The zero-order chi connectivity index (χ0) is 11.7. The Hall–Kier alpha value is -1.75. The average Bonchev–Trinajstić information content (AvgIpc) is 2.57. The van der Waals surface area contributed by atoms with Gasteiger partial charge in [0.15, 0.2) is 5.82 Å². The van der Waals surface area contributed by atoms with Gasteiger partial charge in [-0.05, 0) is 26.8 Å². The fraction of sp³-hybridized carbons (Fsp3) is 0.364. The van der Waals surface area contributed by atoms with E-state index < -0.39 is 0 Å². The molecule has 2 N–H and O–H groups in total. The third kappa shape index (κ3) is 1.81. The maximum absolute atomic E-state index is 5.91. The van der Waals surface area contributed by atoms with Gasteiger partial charge >= 0.3 is 0 Å². The first-order valence-corrected chi connectivity index (χ1v) is 5.20. The molecular formula is C11H15N5. The molecule has 5 heteroatoms. The summed E-state index contributed by atoms with van der Waals surface area (Å²) in [5.74, 6) is 2.31. The van der Waals surface area contributed by atoms with E-state index in [1.54, 1.807) is 10.9 Å². The third-order valence-corrected chi connectivity index (χ3v) is 2.38. The molecule has 2 aromatic heterocycles. The normalized spacial score (nSPS) is 12.8. The Balaban J connectivity index is 2.59. The molecule has 0 aliphatic rings. The molecule has 0 fully saturated rings. The van der Waals surface area contributed by atoms with Crippen LogP contribution in [0, 0.1) is 13.8 Å². The Labute approximate surface area is 94.3 Å². The quantitative estimate of drug-likeness (QED) is 0.823. The lowest BCUT2D eigenvalue weighted by molar-refractivity contribution is 0.744. The number of hydrogen-bond donors (Lipinski definition) is 1. The first kappa shape index (κ1) is 10.8. The van der Waals surface area contributed by atoms with E-state index in [0.29, 0.717) is 0 Å². The molecule has 0 spiro atoms. The number of hydrogen-bond acceptors (Lipinski definition) is 4. The Morgan fingerprint density at radius 3 is 2.69 bits per heavy atom. The average molecular weight is 217 g/mol. The van der Waals surface area contributed by atoms with Gasteiger partial charge in [-0.1, -0.05) is 6.07 Å². The summed E-state index contributed by atoms with van der Waals surface area (Å²) in [7, 11) is 0. The second-order valence-electron chi connectivity index (χ2n) is 3.82. The van der Waals surface area contributed by atoms with Gasteiger partial charge in [0, 0.05) is 17.8 Å². The standard InChI is InChI=1S/C11H15N5/c1-7(12)10-5-4-6-13-11(10)16-9(3)14-8(2)15-16/h4-7H,12H2,1-3H3/t7-/m0/s1. The second kappa shape index (κ2) is 4.02. The SMILES string of the molecule is Cc1nc(C)n(-c2ncccc2[C@H](C)N)n1. The van der Waals surface area contributed by atoms with Gasteiger partial charge in [-0.3, -0.25) is 0 Å². The summed E-state index contributed by atoms with van der Waals surface area (Å²) in [4.78, 5) is 8.58. The van der Waals surface area contributed by atoms with Gasteiger partial charge in [-0.15, -0.1) is 5.10 Å². The predicted octanol–water partition coefficient (Wildman–Crippen LogP) is 1.30. The van der Waals surface area contributed by atoms with Gasteiger partial charge < -0.3 is 5.73 Å². The van der Waals surface area contributed by atoms with Crippen LogP contribution in [0.4, 0.5) is 0 Å². The van der Waals surface area contributed by atoms with E-state index in [1.165, 1.54) is 0 Å². The number of pyridine rings is 1. The molecule has 0 aromatic carbocycles. The maximum atomic E-state index is 5.91. The highest BCUT2D eigenvalue weighted by molar-refractivity contribution is 5.35. The van der Waals surface area contributed by atoms with Crippen LogP contribution in [-0.4, -0.2) is 19.7 Å². The van der Waals surface area contributed by atoms with Crippen molar-refractivity contribution < 1.29 is 0 Å². The molecular weight excluding hydrogens is 202 g/mol. The van der Waals surface area contributed by atoms with Gasteiger partial charge in [0.2, 0.25) is 0 Å². The van der Waals surface area contributed by atoms with E-state index in [0.717, 1.165) is 23.0 Å². The first-order chi connectivity index (χ1) is 7.59. The molecule has 1 atom stereocenters. The van der Waals surface area contributed by atoms with E-state index in [9.17, 15) is 0 Å². The predicted molar refractivity (Wildman–Crippen MR) is 61.2 cm³/mol. The molecule has 0 bridgehead atoms. The summed E-state index contributed by atoms with van der Waals surface area (Å²) in [6.07, 6.45) is 1.73. The summed E-state index contributed by atoms with van der Waals surface area (Å²) >= 11 is 0. The third-order valence-electron chi connectivity index (χ3n) is 2.38. The lowest BCUT2D eigenvalue weighted by Gasteiger charge is -2.11. The van der Waals surface area contributed by atoms with Crippen LogP contribution in [0.3, 0.4) is 0 Å². The molecule has 0 aliphatic heterocycles. The topological polar surface area (TPSA) is 69.6 Å². The van der Waals surface area contributed by atoms with Crippen molar-refractivity contribution in [2.45, 2.75) is 26.8 Å². The zero-order valence-corrected chi connectivity index (χ0v) is 9.68. The van der Waals surface area contributed by atoms with Crippen molar-refractivity contribution in [3.8, 4) is 5.82 Å². The highest BCUT2D eigenvalue weighted by Gasteiger charge is 2.13. The molecule has 0 amide bonds. The van der Waals surface area contributed by atoms with Crippen LogP contribution in [0.1, 0.15) is 30.2 Å². The van der Waals surface area contributed by atoms with Gasteiger partial charge in [0.1, 0.15) is 11.6 Å². The van der Waals surface area contributed by atoms with Crippen molar-refractivity contribution in [3.05, 3.63) is 35.5 Å². The molecule has 2 heterocycles. The number of rotatable bonds is 2. The molecule has 2 rings (SSSR count). The number of nitrogens with two attached hydrogens (primary N) is 1. The smallest absolute Gasteiger partial charge is 0.160 e. The van der Waals surface area contributed by atoms with E-state index in [-0.39, 0.29) is 6.04 Å². The summed E-state index contributed by atoms with van der Waals surface area (Å²) in [5.41, 5.74) is 6.88. The highest BCUT2D eigenvalue weighted by Crippen LogP contribution is 2.17. The van der Waals surface area contributed by atoms with Crippen LogP contribution in [0.2, 0.25) is 0 Å². The Kier molecular flexibility index (Phi) is 2.70. The van der Waals surface area contributed by atoms with Gasteiger partial charge in [0.25, 0.3) is 0 Å². The molecule has 0 radical (unpaired) electrons. The fourth-order valence-corrected chi connectivity index (χ4v) is 1.66. The molecule has 0 aliphatic carbocycles. The Morgan fingerprint density at radius 2 is 2.12 bits per heavy atom. The van der Waals surface area contributed by atoms with E-state index in [4.69, 9.17) is 5.73 Å². The van der Waals surface area contributed by atoms with E-state index in [2.05, 4.69) is 15.1 Å². The van der Waals surface area contributed by atoms with Crippen LogP contribution in [-0.2, 0) is 0 Å². The minimum atomic E-state index is -0.0763. The molecule has 16 heavy (non-hydrogen) atoms. The van der Waals surface area contributed by atoms with Gasteiger partial charge in [-0.2, -0.15) is 4.68 Å². The van der Waals surface area contributed by atoms with Crippen LogP contribution in [0.15, 0.2) is 18.3 Å². The minimum Gasteiger partial charge on any atom is -0.324 e. The molecule has 0 saturated heterocycles. The van der Waals surface area contributed by atoms with E-state index in [1.807, 2.05) is 32.9 Å². The molecule has 84 valence electrons. The monoisotopic (exact) mass is 217 g/mol. The maximum Gasteiger partial charge on any atom is 0.160 e. The lowest BCUT2D eigenvalue weighted by atomic mass is 10.1. The van der Waals surface area contributed by atoms with Crippen molar-refractivity contribution in [2.24, 2.45) is 5.73 Å². The Bertz CT molecular complexity index is 501. The Morgan fingerprint density at radius 1 is 1.38 bits per heavy atom. The van der Waals surface area contributed by atoms with Crippen molar-refractivity contribution in [2.75, 3.05) is 0 Å². The van der Waals surface area contributed by atoms with E-state index >= 15 is 0 Å². The molecule has 0 unspecified atom stereocenters. The zero-order valence-electron chi connectivity index (χ0n) is 9.68. The van der Waals surface area contributed by atoms with Crippen LogP contribution in [0.25, 0.3) is 5.82 Å². The van der Waals surface area contributed by atoms with Crippen LogP contribution < -0.4 is 5.73 Å². The minimum absolute atomic E-state index is 0.0763. The number of aryl methyl sites for hydroxylation is 2. The fourth-order valence-electron chi connectivity index (χ4n) is 1.66. The second-order valence-corrected chi connectivity index (χ2v) is 3.82. The summed E-state index contributed by atoms with van der Waals surface area (Å²) in [6, 6.07) is 3.76. The summed E-state index contributed by atoms with van der Waals surface area (Å²) in [5, 5.41) is 4.31. The molecule has 2 aromatic rings. The highest BCUT2D eigenvalue weighted by atomic mass is 15.4. The van der Waals surface area contributed by atoms with Crippen molar-refractivity contribution in [1.29, 1.82) is 0 Å². The van der Waals surface area contributed by atoms with Crippen molar-refractivity contribution in [3.63, 3.8) is 0 Å². The van der Waals surface area contributed by atoms with Crippen molar-refractivity contribution >= 4 is 0 Å². The van der Waals surface area contributed by atoms with Crippen LogP contribution >= 0.6 is 0 Å². The first-order valence-electron chi connectivity index (χ1n) is 5.20. The van der Waals surface area contributed by atoms with Gasteiger partial charge in [-0.25, -0.2) is 9.97 Å². The van der Waals surface area contributed by atoms with Crippen LogP contribution in [0.5, 0.6) is 0 Å².